The number of ether oxygens (including phenoxy) is 1. The fourth-order valence-electron chi connectivity index (χ4n) is 3.97. The first-order valence-electron chi connectivity index (χ1n) is 10.1. The number of rotatable bonds is 6. The molecule has 3 aromatic rings. The minimum Gasteiger partial charge on any atom is -0.482 e. The van der Waals surface area contributed by atoms with Crippen molar-refractivity contribution in [2.45, 2.75) is 33.6 Å². The minimum atomic E-state index is -0.0337. The summed E-state index contributed by atoms with van der Waals surface area (Å²) >= 11 is 6.64. The smallest absolute Gasteiger partial charge is 0.265 e. The van der Waals surface area contributed by atoms with Crippen LogP contribution in [0.15, 0.2) is 40.9 Å². The molecular weight excluding hydrogens is 388 g/mol. The molecule has 1 amide bonds. The lowest BCUT2D eigenvalue weighted by molar-refractivity contribution is -0.121. The number of benzene rings is 2. The lowest BCUT2D eigenvalue weighted by atomic mass is 9.94. The summed E-state index contributed by atoms with van der Waals surface area (Å²) in [6, 6.07) is 11.4. The van der Waals surface area contributed by atoms with Gasteiger partial charge in [0.15, 0.2) is 12.4 Å². The summed E-state index contributed by atoms with van der Waals surface area (Å²) in [6.07, 6.45) is 2.10. The summed E-state index contributed by atoms with van der Waals surface area (Å²) in [7, 11) is 0. The van der Waals surface area contributed by atoms with Crippen LogP contribution in [0.2, 0.25) is 5.02 Å². The number of amides is 1. The molecule has 2 heterocycles. The van der Waals surface area contributed by atoms with E-state index in [1.165, 1.54) is 0 Å². The molecule has 1 unspecified atom stereocenters. The van der Waals surface area contributed by atoms with Crippen molar-refractivity contribution in [1.82, 2.24) is 5.16 Å². The Hall–Kier alpha value is -2.53. The van der Waals surface area contributed by atoms with Gasteiger partial charge in [0.05, 0.1) is 10.7 Å². The van der Waals surface area contributed by atoms with Crippen LogP contribution in [-0.2, 0) is 4.79 Å². The van der Waals surface area contributed by atoms with Gasteiger partial charge in [0.25, 0.3) is 5.91 Å². The third kappa shape index (κ3) is 3.84. The Balaban J connectivity index is 1.72. The molecule has 1 aliphatic heterocycles. The van der Waals surface area contributed by atoms with E-state index < -0.39 is 0 Å². The SMILES string of the molecule is CCC(CC(C)C)CN1C(=O)COc2cc(-c3onc4ccccc34)c(Cl)cc21. The Kier molecular flexibility index (Phi) is 5.50. The molecule has 6 heteroatoms. The quantitative estimate of drug-likeness (QED) is 0.502. The van der Waals surface area contributed by atoms with E-state index in [2.05, 4.69) is 25.9 Å². The third-order valence-electron chi connectivity index (χ3n) is 5.44. The fourth-order valence-corrected chi connectivity index (χ4v) is 4.22. The number of hydrogen-bond donors (Lipinski definition) is 0. The van der Waals surface area contributed by atoms with E-state index in [9.17, 15) is 4.79 Å². The maximum absolute atomic E-state index is 12.6. The number of aromatic nitrogens is 1. The molecule has 152 valence electrons. The number of halogens is 1. The molecule has 0 spiro atoms. The molecule has 0 aliphatic carbocycles. The molecule has 0 saturated heterocycles. The second-order valence-corrected chi connectivity index (χ2v) is 8.43. The minimum absolute atomic E-state index is 0.0311. The normalized spacial score (nSPS) is 14.9. The predicted molar refractivity (Wildman–Crippen MR) is 116 cm³/mol. The predicted octanol–water partition coefficient (Wildman–Crippen LogP) is 5.95. The van der Waals surface area contributed by atoms with Gasteiger partial charge >= 0.3 is 0 Å². The van der Waals surface area contributed by atoms with Crippen molar-refractivity contribution < 1.29 is 14.1 Å². The maximum atomic E-state index is 12.6. The van der Waals surface area contributed by atoms with Gasteiger partial charge in [-0.1, -0.05) is 56.1 Å². The van der Waals surface area contributed by atoms with E-state index in [-0.39, 0.29) is 12.5 Å². The molecule has 2 aromatic carbocycles. The molecule has 0 N–H and O–H groups in total. The lowest BCUT2D eigenvalue weighted by Crippen LogP contribution is -2.42. The van der Waals surface area contributed by atoms with Crippen LogP contribution < -0.4 is 9.64 Å². The number of carbonyl (C=O) groups excluding carboxylic acids is 1. The number of anilines is 1. The molecule has 4 rings (SSSR count). The van der Waals surface area contributed by atoms with Gasteiger partial charge in [-0.25, -0.2) is 0 Å². The number of fused-ring (bicyclic) bond motifs is 2. The van der Waals surface area contributed by atoms with E-state index >= 15 is 0 Å². The summed E-state index contributed by atoms with van der Waals surface area (Å²) in [6.45, 7) is 7.29. The molecular formula is C23H25ClN2O3. The third-order valence-corrected chi connectivity index (χ3v) is 5.76. The van der Waals surface area contributed by atoms with Crippen LogP contribution in [0, 0.1) is 11.8 Å². The van der Waals surface area contributed by atoms with Crippen LogP contribution in [0.5, 0.6) is 5.75 Å². The Labute approximate surface area is 175 Å². The summed E-state index contributed by atoms with van der Waals surface area (Å²) in [5.41, 5.74) is 2.21. The van der Waals surface area contributed by atoms with Gasteiger partial charge in [-0.2, -0.15) is 0 Å². The zero-order valence-corrected chi connectivity index (χ0v) is 17.7. The highest BCUT2D eigenvalue weighted by Crippen LogP contribution is 2.43. The van der Waals surface area contributed by atoms with E-state index in [1.807, 2.05) is 41.3 Å². The molecule has 0 saturated carbocycles. The van der Waals surface area contributed by atoms with Crippen LogP contribution in [-0.4, -0.2) is 24.2 Å². The van der Waals surface area contributed by atoms with Gasteiger partial charge in [-0.05, 0) is 42.5 Å². The van der Waals surface area contributed by atoms with Crippen molar-refractivity contribution in [1.29, 1.82) is 0 Å². The van der Waals surface area contributed by atoms with E-state index in [0.29, 0.717) is 40.5 Å². The molecule has 0 radical (unpaired) electrons. The lowest BCUT2D eigenvalue weighted by Gasteiger charge is -2.33. The van der Waals surface area contributed by atoms with Gasteiger partial charge in [0.1, 0.15) is 11.3 Å². The van der Waals surface area contributed by atoms with Gasteiger partial charge in [-0.3, -0.25) is 4.79 Å². The number of carbonyl (C=O) groups is 1. The van der Waals surface area contributed by atoms with Crippen LogP contribution in [0.1, 0.15) is 33.6 Å². The first-order chi connectivity index (χ1) is 14.0. The maximum Gasteiger partial charge on any atom is 0.265 e. The average Bonchev–Trinajstić information content (AvgIpc) is 3.13. The van der Waals surface area contributed by atoms with Gasteiger partial charge in [0, 0.05) is 17.5 Å². The monoisotopic (exact) mass is 412 g/mol. The van der Waals surface area contributed by atoms with Crippen LogP contribution in [0.3, 0.4) is 0 Å². The molecule has 0 fully saturated rings. The molecule has 1 atom stereocenters. The summed E-state index contributed by atoms with van der Waals surface area (Å²) in [4.78, 5) is 14.4. The van der Waals surface area contributed by atoms with Crippen molar-refractivity contribution in [3.05, 3.63) is 41.4 Å². The van der Waals surface area contributed by atoms with Gasteiger partial charge in [-0.15, -0.1) is 0 Å². The second-order valence-electron chi connectivity index (χ2n) is 8.03. The Morgan fingerprint density at radius 1 is 1.24 bits per heavy atom. The summed E-state index contributed by atoms with van der Waals surface area (Å²) in [5.74, 6) is 2.23. The molecule has 5 nitrogen and oxygen atoms in total. The number of hydrogen-bond acceptors (Lipinski definition) is 4. The molecule has 1 aliphatic rings. The van der Waals surface area contributed by atoms with Crippen LogP contribution in [0.25, 0.3) is 22.2 Å². The van der Waals surface area contributed by atoms with Crippen molar-refractivity contribution >= 4 is 34.1 Å². The highest BCUT2D eigenvalue weighted by atomic mass is 35.5. The average molecular weight is 413 g/mol. The van der Waals surface area contributed by atoms with E-state index in [0.717, 1.165) is 29.4 Å². The largest absolute Gasteiger partial charge is 0.482 e. The highest BCUT2D eigenvalue weighted by molar-refractivity contribution is 6.34. The fraction of sp³-hybridized carbons (Fsp3) is 0.391. The van der Waals surface area contributed by atoms with Gasteiger partial charge < -0.3 is 14.2 Å². The highest BCUT2D eigenvalue weighted by Gasteiger charge is 2.29. The van der Waals surface area contributed by atoms with E-state index in [4.69, 9.17) is 20.9 Å². The Morgan fingerprint density at radius 2 is 2.03 bits per heavy atom. The standard InChI is InChI=1S/C23H25ClN2O3/c1-4-15(9-14(2)3)12-26-20-11-18(24)17(10-21(20)28-13-22(26)27)23-16-7-5-6-8-19(16)25-29-23/h5-8,10-11,14-15H,4,9,12-13H2,1-3H3. The Bertz CT molecular complexity index is 1040. The van der Waals surface area contributed by atoms with Crippen molar-refractivity contribution in [3.8, 4) is 17.1 Å². The topological polar surface area (TPSA) is 55.6 Å². The Morgan fingerprint density at radius 3 is 2.79 bits per heavy atom. The van der Waals surface area contributed by atoms with Crippen LogP contribution >= 0.6 is 11.6 Å². The zero-order chi connectivity index (χ0) is 20.5. The first kappa shape index (κ1) is 19.8. The number of nitrogens with zero attached hydrogens (tertiary/aromatic N) is 2. The second kappa shape index (κ2) is 8.07. The molecule has 29 heavy (non-hydrogen) atoms. The van der Waals surface area contributed by atoms with E-state index in [1.54, 1.807) is 0 Å². The zero-order valence-electron chi connectivity index (χ0n) is 16.9. The summed E-state index contributed by atoms with van der Waals surface area (Å²) in [5, 5.41) is 5.51. The van der Waals surface area contributed by atoms with Crippen molar-refractivity contribution in [3.63, 3.8) is 0 Å². The van der Waals surface area contributed by atoms with Gasteiger partial charge in [0.2, 0.25) is 0 Å². The van der Waals surface area contributed by atoms with Crippen molar-refractivity contribution in [2.75, 3.05) is 18.1 Å². The first-order valence-corrected chi connectivity index (χ1v) is 10.5. The summed E-state index contributed by atoms with van der Waals surface area (Å²) < 4.78 is 11.3. The van der Waals surface area contributed by atoms with Crippen molar-refractivity contribution in [2.24, 2.45) is 11.8 Å². The molecule has 1 aromatic heterocycles. The van der Waals surface area contributed by atoms with Crippen LogP contribution in [0.4, 0.5) is 5.69 Å². The molecule has 0 bridgehead atoms.